The highest BCUT2D eigenvalue weighted by Gasteiger charge is 2.42. The van der Waals surface area contributed by atoms with Crippen molar-refractivity contribution in [3.05, 3.63) is 22.7 Å². The zero-order valence-electron chi connectivity index (χ0n) is 7.78. The Kier molecular flexibility index (Phi) is 2.43. The predicted molar refractivity (Wildman–Crippen MR) is 49.9 cm³/mol. The van der Waals surface area contributed by atoms with Crippen LogP contribution < -0.4 is 11.4 Å². The number of nitrogens with zero attached hydrogens (tertiary/aromatic N) is 2. The van der Waals surface area contributed by atoms with Gasteiger partial charge < -0.3 is 20.7 Å². The molecule has 1 aliphatic rings. The van der Waals surface area contributed by atoms with Crippen molar-refractivity contribution < 1.29 is 14.9 Å². The zero-order valence-corrected chi connectivity index (χ0v) is 7.78. The van der Waals surface area contributed by atoms with Gasteiger partial charge in [-0.3, -0.25) is 4.57 Å². The van der Waals surface area contributed by atoms with Crippen molar-refractivity contribution >= 4 is 5.82 Å². The van der Waals surface area contributed by atoms with Crippen LogP contribution in [0.5, 0.6) is 0 Å². The molecule has 2 heterocycles. The van der Waals surface area contributed by atoms with Gasteiger partial charge in [-0.1, -0.05) is 0 Å². The first-order chi connectivity index (χ1) is 7.13. The minimum atomic E-state index is -0.905. The first kappa shape index (κ1) is 10.1. The molecule has 3 atom stereocenters. The molecule has 2 unspecified atom stereocenters. The molecule has 4 N–H and O–H groups in total. The summed E-state index contributed by atoms with van der Waals surface area (Å²) in [5.74, 6) is 0.115. The molecule has 7 nitrogen and oxygen atoms in total. The number of nitrogens with two attached hydrogens (primary N) is 1. The van der Waals surface area contributed by atoms with Gasteiger partial charge in [0.05, 0.1) is 6.61 Å². The fourth-order valence-electron chi connectivity index (χ4n) is 1.43. The van der Waals surface area contributed by atoms with E-state index in [2.05, 4.69) is 4.98 Å². The highest BCUT2D eigenvalue weighted by atomic mass is 16.6. The van der Waals surface area contributed by atoms with Gasteiger partial charge in [0.1, 0.15) is 18.0 Å². The molecule has 1 aromatic heterocycles. The van der Waals surface area contributed by atoms with E-state index in [1.165, 1.54) is 12.3 Å². The summed E-state index contributed by atoms with van der Waals surface area (Å²) in [6.07, 6.45) is -0.938. The standard InChI is InChI=1S/C8H11N3O4/c9-5-1-2-11(8(14)10-5)7-6(13)4(3-12)15-7/h1-2,4,6-7,12-13H,3H2,(H2,9,10,14)/t4?,6-,7?/m0/s1. The average Bonchev–Trinajstić information content (AvgIpc) is 2.20. The van der Waals surface area contributed by atoms with Crippen LogP contribution in [-0.4, -0.2) is 38.6 Å². The number of anilines is 1. The van der Waals surface area contributed by atoms with Crippen LogP contribution in [-0.2, 0) is 4.74 Å². The van der Waals surface area contributed by atoms with E-state index >= 15 is 0 Å². The molecule has 2 rings (SSSR count). The van der Waals surface area contributed by atoms with Crippen LogP contribution in [0, 0.1) is 0 Å². The number of ether oxygens (including phenoxy) is 1. The lowest BCUT2D eigenvalue weighted by atomic mass is 10.1. The predicted octanol–water partition coefficient (Wildman–Crippen LogP) is -1.92. The lowest BCUT2D eigenvalue weighted by Gasteiger charge is -2.40. The van der Waals surface area contributed by atoms with Gasteiger partial charge in [0, 0.05) is 6.20 Å². The van der Waals surface area contributed by atoms with E-state index in [1.54, 1.807) is 0 Å². The molecular weight excluding hydrogens is 202 g/mol. The first-order valence-electron chi connectivity index (χ1n) is 4.42. The second-order valence-electron chi connectivity index (χ2n) is 3.28. The Labute approximate surface area is 84.7 Å². The van der Waals surface area contributed by atoms with Crippen molar-refractivity contribution in [2.45, 2.75) is 18.4 Å². The van der Waals surface area contributed by atoms with Crippen LogP contribution in [0.2, 0.25) is 0 Å². The molecule has 1 saturated heterocycles. The topological polar surface area (TPSA) is 111 Å². The Balaban J connectivity index is 2.22. The summed E-state index contributed by atoms with van der Waals surface area (Å²) >= 11 is 0. The number of hydrogen-bond acceptors (Lipinski definition) is 6. The second kappa shape index (κ2) is 3.61. The van der Waals surface area contributed by atoms with Gasteiger partial charge in [0.2, 0.25) is 0 Å². The first-order valence-corrected chi connectivity index (χ1v) is 4.42. The highest BCUT2D eigenvalue weighted by molar-refractivity contribution is 5.23. The lowest BCUT2D eigenvalue weighted by Crippen LogP contribution is -2.54. The van der Waals surface area contributed by atoms with Gasteiger partial charge >= 0.3 is 5.69 Å². The van der Waals surface area contributed by atoms with Gasteiger partial charge in [-0.25, -0.2) is 4.79 Å². The molecule has 1 fully saturated rings. The number of aliphatic hydroxyl groups excluding tert-OH is 2. The van der Waals surface area contributed by atoms with Crippen molar-refractivity contribution in [2.75, 3.05) is 12.3 Å². The average molecular weight is 213 g/mol. The zero-order chi connectivity index (χ0) is 11.0. The van der Waals surface area contributed by atoms with Gasteiger partial charge in [-0.2, -0.15) is 4.98 Å². The lowest BCUT2D eigenvalue weighted by molar-refractivity contribution is -0.266. The number of nitrogen functional groups attached to an aromatic ring is 1. The molecule has 7 heteroatoms. The monoisotopic (exact) mass is 213 g/mol. The fourth-order valence-corrected chi connectivity index (χ4v) is 1.43. The molecule has 0 spiro atoms. The quantitative estimate of drug-likeness (QED) is 0.528. The summed E-state index contributed by atoms with van der Waals surface area (Å²) in [7, 11) is 0. The van der Waals surface area contributed by atoms with Crippen LogP contribution in [0.4, 0.5) is 5.82 Å². The van der Waals surface area contributed by atoms with Crippen LogP contribution >= 0.6 is 0 Å². The summed E-state index contributed by atoms with van der Waals surface area (Å²) in [5.41, 5.74) is 4.72. The van der Waals surface area contributed by atoms with E-state index in [0.29, 0.717) is 0 Å². The minimum absolute atomic E-state index is 0.115. The molecule has 0 amide bonds. The largest absolute Gasteiger partial charge is 0.394 e. The van der Waals surface area contributed by atoms with Gasteiger partial charge in [-0.15, -0.1) is 0 Å². The van der Waals surface area contributed by atoms with Crippen molar-refractivity contribution in [3.63, 3.8) is 0 Å². The van der Waals surface area contributed by atoms with Crippen LogP contribution in [0.3, 0.4) is 0 Å². The normalized spacial score (nSPS) is 29.9. The Morgan fingerprint density at radius 3 is 2.93 bits per heavy atom. The Morgan fingerprint density at radius 1 is 1.67 bits per heavy atom. The third-order valence-electron chi connectivity index (χ3n) is 2.29. The molecule has 0 aliphatic carbocycles. The fraction of sp³-hybridized carbons (Fsp3) is 0.500. The van der Waals surface area contributed by atoms with Crippen LogP contribution in [0.25, 0.3) is 0 Å². The summed E-state index contributed by atoms with van der Waals surface area (Å²) < 4.78 is 6.22. The van der Waals surface area contributed by atoms with Crippen molar-refractivity contribution in [3.8, 4) is 0 Å². The molecule has 0 radical (unpaired) electrons. The Bertz CT molecular complexity index is 419. The van der Waals surface area contributed by atoms with E-state index in [-0.39, 0.29) is 12.4 Å². The summed E-state index contributed by atoms with van der Waals surface area (Å²) in [6.45, 7) is -0.283. The van der Waals surface area contributed by atoms with Gasteiger partial charge in [0.15, 0.2) is 6.23 Å². The highest BCUT2D eigenvalue weighted by Crippen LogP contribution is 2.29. The maximum absolute atomic E-state index is 11.3. The summed E-state index contributed by atoms with van der Waals surface area (Å²) in [6, 6.07) is 1.43. The molecule has 0 bridgehead atoms. The molecule has 1 aliphatic heterocycles. The third kappa shape index (κ3) is 1.60. The summed E-state index contributed by atoms with van der Waals surface area (Å²) in [5, 5.41) is 18.2. The molecule has 82 valence electrons. The molecular formula is C8H11N3O4. The maximum atomic E-state index is 11.3. The van der Waals surface area contributed by atoms with Crippen molar-refractivity contribution in [1.82, 2.24) is 9.55 Å². The van der Waals surface area contributed by atoms with Crippen LogP contribution in [0.15, 0.2) is 17.1 Å². The van der Waals surface area contributed by atoms with Gasteiger partial charge in [0.25, 0.3) is 0 Å². The summed E-state index contributed by atoms with van der Waals surface area (Å²) in [4.78, 5) is 14.8. The van der Waals surface area contributed by atoms with Gasteiger partial charge in [-0.05, 0) is 6.07 Å². The second-order valence-corrected chi connectivity index (χ2v) is 3.28. The van der Waals surface area contributed by atoms with Crippen LogP contribution in [0.1, 0.15) is 6.23 Å². The SMILES string of the molecule is Nc1ccn(C2OC(CO)[C@@H]2O)c(=O)n1. The molecule has 15 heavy (non-hydrogen) atoms. The van der Waals surface area contributed by atoms with E-state index in [1.807, 2.05) is 0 Å². The Morgan fingerprint density at radius 2 is 2.40 bits per heavy atom. The maximum Gasteiger partial charge on any atom is 0.351 e. The van der Waals surface area contributed by atoms with E-state index in [4.69, 9.17) is 15.6 Å². The molecule has 0 saturated carbocycles. The minimum Gasteiger partial charge on any atom is -0.394 e. The van der Waals surface area contributed by atoms with Crippen molar-refractivity contribution in [1.29, 1.82) is 0 Å². The number of aromatic nitrogens is 2. The van der Waals surface area contributed by atoms with E-state index in [0.717, 1.165) is 4.57 Å². The Hall–Kier alpha value is -1.44. The third-order valence-corrected chi connectivity index (χ3v) is 2.29. The smallest absolute Gasteiger partial charge is 0.351 e. The van der Waals surface area contributed by atoms with Crippen molar-refractivity contribution in [2.24, 2.45) is 0 Å². The number of aliphatic hydroxyl groups is 2. The number of hydrogen-bond donors (Lipinski definition) is 3. The molecule has 1 aromatic rings. The molecule has 0 aromatic carbocycles. The number of rotatable bonds is 2. The van der Waals surface area contributed by atoms with E-state index < -0.39 is 24.1 Å². The van der Waals surface area contributed by atoms with E-state index in [9.17, 15) is 9.90 Å².